The second kappa shape index (κ2) is 9.74. The van der Waals surface area contributed by atoms with E-state index in [9.17, 15) is 10.2 Å². The Morgan fingerprint density at radius 1 is 1.22 bits per heavy atom. The van der Waals surface area contributed by atoms with Crippen LogP contribution in [0.3, 0.4) is 0 Å². The highest BCUT2D eigenvalue weighted by atomic mass is 19.1. The lowest BCUT2D eigenvalue weighted by atomic mass is 9.98. The highest BCUT2D eigenvalue weighted by Gasteiger charge is 2.28. The maximum atomic E-state index is 15.7. The van der Waals surface area contributed by atoms with Gasteiger partial charge in [0.1, 0.15) is 17.5 Å². The molecular weight excluding hydrogens is 417 g/mol. The number of methoxy groups -OCH3 is 2. The van der Waals surface area contributed by atoms with Gasteiger partial charge in [0, 0.05) is 41.4 Å². The second-order valence-electron chi connectivity index (χ2n) is 7.60. The molecule has 1 aliphatic rings. The van der Waals surface area contributed by atoms with Crippen molar-refractivity contribution >= 4 is 10.9 Å². The van der Waals surface area contributed by atoms with Gasteiger partial charge in [0.15, 0.2) is 6.17 Å². The first-order valence-corrected chi connectivity index (χ1v) is 10.3. The molecule has 0 aliphatic carbocycles. The molecule has 0 spiro atoms. The van der Waals surface area contributed by atoms with Crippen molar-refractivity contribution in [3.63, 3.8) is 0 Å². The molecule has 2 aromatic heterocycles. The van der Waals surface area contributed by atoms with Crippen LogP contribution in [-0.4, -0.2) is 59.8 Å². The zero-order valence-corrected chi connectivity index (χ0v) is 17.9. The van der Waals surface area contributed by atoms with E-state index in [1.54, 1.807) is 30.3 Å². The van der Waals surface area contributed by atoms with Gasteiger partial charge in [-0.2, -0.15) is 0 Å². The van der Waals surface area contributed by atoms with Crippen LogP contribution in [0.2, 0.25) is 0 Å². The number of benzene rings is 1. The number of nitrogens with one attached hydrogen (secondary N) is 1. The number of nitrogens with zero attached hydrogens (tertiary/aromatic N) is 2. The molecule has 3 N–H and O–H groups in total. The average molecular weight is 443 g/mol. The van der Waals surface area contributed by atoms with E-state index in [0.717, 1.165) is 0 Å². The number of rotatable bonds is 7. The Balaban J connectivity index is 1.75. The van der Waals surface area contributed by atoms with Crippen molar-refractivity contribution in [3.05, 3.63) is 59.4 Å². The van der Waals surface area contributed by atoms with E-state index in [1.807, 2.05) is 0 Å². The van der Waals surface area contributed by atoms with Gasteiger partial charge in [-0.1, -0.05) is 12.1 Å². The van der Waals surface area contributed by atoms with E-state index in [-0.39, 0.29) is 18.3 Å². The number of pyridine rings is 2. The number of aromatic nitrogens is 2. The van der Waals surface area contributed by atoms with Crippen LogP contribution < -0.4 is 14.8 Å². The summed E-state index contributed by atoms with van der Waals surface area (Å²) in [6.45, 7) is 0.661. The Morgan fingerprint density at radius 2 is 2.06 bits per heavy atom. The Kier molecular flexibility index (Phi) is 6.80. The van der Waals surface area contributed by atoms with Crippen molar-refractivity contribution < 1.29 is 28.8 Å². The van der Waals surface area contributed by atoms with Gasteiger partial charge in [-0.25, -0.2) is 14.4 Å². The van der Waals surface area contributed by atoms with E-state index in [2.05, 4.69) is 15.3 Å². The van der Waals surface area contributed by atoms with E-state index >= 15 is 4.39 Å². The molecule has 32 heavy (non-hydrogen) atoms. The van der Waals surface area contributed by atoms with Gasteiger partial charge in [0.25, 0.3) is 0 Å². The fourth-order valence-corrected chi connectivity index (χ4v) is 3.83. The minimum absolute atomic E-state index is 0.186. The maximum Gasteiger partial charge on any atom is 0.212 e. The van der Waals surface area contributed by atoms with Gasteiger partial charge in [-0.15, -0.1) is 0 Å². The summed E-state index contributed by atoms with van der Waals surface area (Å²) in [7, 11) is 3.00. The Bertz CT molecular complexity index is 1070. The molecule has 9 heteroatoms. The fraction of sp³-hybridized carbons (Fsp3) is 0.391. The second-order valence-corrected chi connectivity index (χ2v) is 7.60. The highest BCUT2D eigenvalue weighted by molar-refractivity contribution is 5.88. The van der Waals surface area contributed by atoms with Crippen molar-refractivity contribution in [3.8, 4) is 11.6 Å². The smallest absolute Gasteiger partial charge is 0.212 e. The standard InChI is InChI=1S/C23H26FN3O5/c1-30-19-5-3-4-14-15(21(24)13-6-7-20(31-2)25-11-13)10-17(26-22(14)19)23(29)27-16-8-9-32-12-18(16)28/h3-7,10-11,16,18,21,23,27-29H,8-9,12H2,1-2H3/t16-,18-,21?,23?/m0/s1. The topological polar surface area (TPSA) is 106 Å². The van der Waals surface area contributed by atoms with Crippen LogP contribution in [0.25, 0.3) is 10.9 Å². The summed E-state index contributed by atoms with van der Waals surface area (Å²) >= 11 is 0. The van der Waals surface area contributed by atoms with Crippen molar-refractivity contribution in [1.29, 1.82) is 0 Å². The first-order valence-electron chi connectivity index (χ1n) is 10.3. The molecule has 0 bridgehead atoms. The lowest BCUT2D eigenvalue weighted by molar-refractivity contribution is -0.0430. The van der Waals surface area contributed by atoms with E-state index in [4.69, 9.17) is 14.2 Å². The summed E-state index contributed by atoms with van der Waals surface area (Å²) in [4.78, 5) is 8.64. The first kappa shape index (κ1) is 22.3. The van der Waals surface area contributed by atoms with Gasteiger partial charge in [-0.3, -0.25) is 5.32 Å². The molecule has 0 saturated carbocycles. The summed E-state index contributed by atoms with van der Waals surface area (Å²) in [6, 6.07) is 9.61. The lowest BCUT2D eigenvalue weighted by Gasteiger charge is -2.30. The van der Waals surface area contributed by atoms with Crippen LogP contribution in [0.4, 0.5) is 4.39 Å². The summed E-state index contributed by atoms with van der Waals surface area (Å²) < 4.78 is 31.4. The molecule has 1 aliphatic heterocycles. The van der Waals surface area contributed by atoms with E-state index in [1.165, 1.54) is 26.5 Å². The maximum absolute atomic E-state index is 15.7. The normalized spacial score (nSPS) is 20.7. The van der Waals surface area contributed by atoms with Gasteiger partial charge in [0.05, 0.1) is 32.6 Å². The molecule has 170 valence electrons. The summed E-state index contributed by atoms with van der Waals surface area (Å²) in [5, 5.41) is 24.5. The van der Waals surface area contributed by atoms with Gasteiger partial charge in [-0.05, 0) is 24.6 Å². The monoisotopic (exact) mass is 443 g/mol. The number of ether oxygens (including phenoxy) is 3. The van der Waals surface area contributed by atoms with Crippen molar-refractivity contribution in [2.24, 2.45) is 0 Å². The zero-order chi connectivity index (χ0) is 22.7. The van der Waals surface area contributed by atoms with Crippen LogP contribution in [0.1, 0.15) is 35.6 Å². The summed E-state index contributed by atoms with van der Waals surface area (Å²) in [6.07, 6.45) is -1.55. The fourth-order valence-electron chi connectivity index (χ4n) is 3.83. The summed E-state index contributed by atoms with van der Waals surface area (Å²) in [5.74, 6) is 0.849. The molecule has 2 unspecified atom stereocenters. The van der Waals surface area contributed by atoms with Crippen LogP contribution >= 0.6 is 0 Å². The highest BCUT2D eigenvalue weighted by Crippen LogP contribution is 2.36. The Hall–Kier alpha value is -2.85. The zero-order valence-electron chi connectivity index (χ0n) is 17.9. The molecule has 4 rings (SSSR count). The lowest BCUT2D eigenvalue weighted by Crippen LogP contribution is -2.47. The predicted molar refractivity (Wildman–Crippen MR) is 115 cm³/mol. The van der Waals surface area contributed by atoms with Crippen LogP contribution in [-0.2, 0) is 4.74 Å². The third-order valence-corrected chi connectivity index (χ3v) is 5.59. The van der Waals surface area contributed by atoms with E-state index < -0.39 is 18.5 Å². The molecule has 0 radical (unpaired) electrons. The Morgan fingerprint density at radius 3 is 2.75 bits per heavy atom. The predicted octanol–water partition coefficient (Wildman–Crippen LogP) is 2.44. The molecule has 1 saturated heterocycles. The molecule has 1 fully saturated rings. The van der Waals surface area contributed by atoms with Crippen molar-refractivity contribution in [2.45, 2.75) is 31.0 Å². The molecule has 3 aromatic rings. The van der Waals surface area contributed by atoms with Crippen molar-refractivity contribution in [2.75, 3.05) is 27.4 Å². The number of fused-ring (bicyclic) bond motifs is 1. The average Bonchev–Trinajstić information content (AvgIpc) is 2.83. The number of aliphatic hydroxyl groups is 2. The van der Waals surface area contributed by atoms with Gasteiger partial charge in [0.2, 0.25) is 5.88 Å². The quantitative estimate of drug-likeness (QED) is 0.478. The van der Waals surface area contributed by atoms with Gasteiger partial charge < -0.3 is 24.4 Å². The number of alkyl halides is 1. The number of hydrogen-bond acceptors (Lipinski definition) is 8. The number of hydrogen-bond donors (Lipinski definition) is 3. The molecule has 1 aromatic carbocycles. The minimum atomic E-state index is -1.52. The largest absolute Gasteiger partial charge is 0.494 e. The number of aliphatic hydroxyl groups excluding tert-OH is 2. The Labute approximate surface area is 185 Å². The van der Waals surface area contributed by atoms with Crippen LogP contribution in [0, 0.1) is 0 Å². The molecule has 3 heterocycles. The van der Waals surface area contributed by atoms with Crippen molar-refractivity contribution in [1.82, 2.24) is 15.3 Å². The molecular formula is C23H26FN3O5. The minimum Gasteiger partial charge on any atom is -0.494 e. The number of halogens is 1. The SMILES string of the molecule is COc1ccc(C(F)c2cc(C(O)N[C@H]3CCOC[C@@H]3O)nc3c(OC)cccc23)cn1. The first-order chi connectivity index (χ1) is 15.5. The molecule has 4 atom stereocenters. The molecule has 0 amide bonds. The summed E-state index contributed by atoms with van der Waals surface area (Å²) in [5.41, 5.74) is 1.32. The third kappa shape index (κ3) is 4.51. The van der Waals surface area contributed by atoms with Crippen LogP contribution in [0.5, 0.6) is 11.6 Å². The third-order valence-electron chi connectivity index (χ3n) is 5.59. The van der Waals surface area contributed by atoms with Crippen LogP contribution in [0.15, 0.2) is 42.6 Å². The van der Waals surface area contributed by atoms with E-state index in [0.29, 0.717) is 46.7 Å². The number of para-hydroxylation sites is 1. The molecule has 8 nitrogen and oxygen atoms in total. The van der Waals surface area contributed by atoms with Gasteiger partial charge >= 0.3 is 0 Å².